The maximum absolute atomic E-state index is 12.7. The molecule has 1 amide bonds. The van der Waals surface area contributed by atoms with Crippen molar-refractivity contribution in [1.82, 2.24) is 14.5 Å². The van der Waals surface area contributed by atoms with Crippen molar-refractivity contribution in [2.45, 2.75) is 13.2 Å². The van der Waals surface area contributed by atoms with E-state index in [4.69, 9.17) is 9.47 Å². The summed E-state index contributed by atoms with van der Waals surface area (Å²) in [6.45, 7) is 3.05. The molecule has 1 aliphatic rings. The van der Waals surface area contributed by atoms with Gasteiger partial charge in [0, 0.05) is 13.1 Å². The number of ether oxygens (including phenoxy) is 2. The van der Waals surface area contributed by atoms with E-state index in [9.17, 15) is 4.79 Å². The van der Waals surface area contributed by atoms with E-state index >= 15 is 0 Å². The Balaban J connectivity index is 1.58. The van der Waals surface area contributed by atoms with E-state index in [1.807, 2.05) is 64.1 Å². The number of aromatic nitrogens is 2. The van der Waals surface area contributed by atoms with Crippen LogP contribution in [0.25, 0.3) is 11.0 Å². The average Bonchev–Trinajstić information content (AvgIpc) is 3.05. The number of nitrogens with zero attached hydrogens (tertiary/aromatic N) is 3. The van der Waals surface area contributed by atoms with Gasteiger partial charge in [-0.2, -0.15) is 0 Å². The molecule has 0 bridgehead atoms. The number of carbonyl (C=O) groups is 1. The van der Waals surface area contributed by atoms with Gasteiger partial charge in [0.25, 0.3) is 0 Å². The lowest BCUT2D eigenvalue weighted by Crippen LogP contribution is -2.42. The van der Waals surface area contributed by atoms with E-state index in [0.717, 1.165) is 22.6 Å². The molecule has 6 nitrogen and oxygen atoms in total. The maximum atomic E-state index is 12.7. The van der Waals surface area contributed by atoms with Crippen molar-refractivity contribution in [1.29, 1.82) is 0 Å². The van der Waals surface area contributed by atoms with Crippen molar-refractivity contribution in [3.63, 3.8) is 0 Å². The third-order valence-corrected chi connectivity index (χ3v) is 4.50. The lowest BCUT2D eigenvalue weighted by atomic mass is 10.3. The fourth-order valence-electron chi connectivity index (χ4n) is 3.12. The minimum atomic E-state index is 0.0809. The molecule has 26 heavy (non-hydrogen) atoms. The summed E-state index contributed by atoms with van der Waals surface area (Å²) in [7, 11) is 0. The van der Waals surface area contributed by atoms with Crippen molar-refractivity contribution < 1.29 is 14.3 Å². The number of para-hydroxylation sites is 3. The van der Waals surface area contributed by atoms with E-state index in [2.05, 4.69) is 4.98 Å². The zero-order chi connectivity index (χ0) is 17.8. The molecule has 2 aromatic carbocycles. The van der Waals surface area contributed by atoms with Crippen molar-refractivity contribution in [2.75, 3.05) is 26.3 Å². The number of amides is 1. The van der Waals surface area contributed by atoms with E-state index in [1.54, 1.807) is 0 Å². The number of hydrogen-bond acceptors (Lipinski definition) is 4. The summed E-state index contributed by atoms with van der Waals surface area (Å²) in [4.78, 5) is 19.2. The molecule has 6 heteroatoms. The molecule has 0 N–H and O–H groups in total. The molecule has 4 rings (SSSR count). The highest BCUT2D eigenvalue weighted by molar-refractivity contribution is 5.81. The molecule has 1 saturated heterocycles. The van der Waals surface area contributed by atoms with E-state index in [0.29, 0.717) is 32.9 Å². The van der Waals surface area contributed by atoms with E-state index in [-0.39, 0.29) is 12.5 Å². The fourth-order valence-corrected chi connectivity index (χ4v) is 3.12. The number of imidazole rings is 1. The first-order valence-electron chi connectivity index (χ1n) is 8.79. The van der Waals surface area contributed by atoms with Gasteiger partial charge in [-0.25, -0.2) is 4.98 Å². The summed E-state index contributed by atoms with van der Waals surface area (Å²) in [5, 5.41) is 0. The number of fused-ring (bicyclic) bond motifs is 1. The van der Waals surface area contributed by atoms with Crippen LogP contribution in [0.4, 0.5) is 0 Å². The van der Waals surface area contributed by atoms with Crippen LogP contribution in [0, 0.1) is 0 Å². The smallest absolute Gasteiger partial charge is 0.242 e. The van der Waals surface area contributed by atoms with Gasteiger partial charge in [-0.1, -0.05) is 30.3 Å². The van der Waals surface area contributed by atoms with Crippen LogP contribution in [-0.4, -0.2) is 46.7 Å². The molecule has 0 saturated carbocycles. The van der Waals surface area contributed by atoms with E-state index in [1.165, 1.54) is 0 Å². The minimum absolute atomic E-state index is 0.0809. The molecule has 1 fully saturated rings. The van der Waals surface area contributed by atoms with Gasteiger partial charge in [-0.3, -0.25) is 4.79 Å². The summed E-state index contributed by atoms with van der Waals surface area (Å²) in [5.74, 6) is 1.61. The molecule has 2 heterocycles. The van der Waals surface area contributed by atoms with Crippen LogP contribution in [0.5, 0.6) is 5.75 Å². The van der Waals surface area contributed by atoms with Crippen molar-refractivity contribution in [3.05, 3.63) is 60.4 Å². The Morgan fingerprint density at radius 1 is 1.04 bits per heavy atom. The molecular formula is C20H21N3O3. The van der Waals surface area contributed by atoms with Crippen LogP contribution in [0.2, 0.25) is 0 Å². The third-order valence-electron chi connectivity index (χ3n) is 4.50. The Morgan fingerprint density at radius 2 is 1.77 bits per heavy atom. The summed E-state index contributed by atoms with van der Waals surface area (Å²) in [5.41, 5.74) is 1.81. The molecule has 0 unspecified atom stereocenters. The number of morpholine rings is 1. The van der Waals surface area contributed by atoms with Crippen LogP contribution >= 0.6 is 0 Å². The zero-order valence-corrected chi connectivity index (χ0v) is 14.5. The predicted molar refractivity (Wildman–Crippen MR) is 97.9 cm³/mol. The van der Waals surface area contributed by atoms with Crippen LogP contribution in [0.15, 0.2) is 54.6 Å². The number of hydrogen-bond donors (Lipinski definition) is 0. The molecule has 134 valence electrons. The second-order valence-corrected chi connectivity index (χ2v) is 6.20. The Kier molecular flexibility index (Phi) is 4.84. The molecule has 0 aliphatic carbocycles. The van der Waals surface area contributed by atoms with Crippen LogP contribution in [0.3, 0.4) is 0 Å². The van der Waals surface area contributed by atoms with Crippen LogP contribution < -0.4 is 4.74 Å². The Morgan fingerprint density at radius 3 is 2.58 bits per heavy atom. The third kappa shape index (κ3) is 3.55. The van der Waals surface area contributed by atoms with Gasteiger partial charge in [0.2, 0.25) is 5.91 Å². The molecule has 0 spiro atoms. The summed E-state index contributed by atoms with van der Waals surface area (Å²) in [6, 6.07) is 17.5. The first kappa shape index (κ1) is 16.6. The molecule has 1 aromatic heterocycles. The number of carbonyl (C=O) groups excluding carboxylic acids is 1. The van der Waals surface area contributed by atoms with Crippen molar-refractivity contribution in [2.24, 2.45) is 0 Å². The minimum Gasteiger partial charge on any atom is -0.486 e. The van der Waals surface area contributed by atoms with Gasteiger partial charge in [0.1, 0.15) is 24.7 Å². The van der Waals surface area contributed by atoms with Gasteiger partial charge in [-0.15, -0.1) is 0 Å². The lowest BCUT2D eigenvalue weighted by molar-refractivity contribution is -0.135. The molecule has 3 aromatic rings. The second kappa shape index (κ2) is 7.58. The quantitative estimate of drug-likeness (QED) is 0.709. The summed E-state index contributed by atoms with van der Waals surface area (Å²) < 4.78 is 13.1. The first-order valence-corrected chi connectivity index (χ1v) is 8.79. The highest BCUT2D eigenvalue weighted by atomic mass is 16.5. The van der Waals surface area contributed by atoms with Crippen LogP contribution in [0.1, 0.15) is 5.82 Å². The monoisotopic (exact) mass is 351 g/mol. The first-order chi connectivity index (χ1) is 12.8. The summed E-state index contributed by atoms with van der Waals surface area (Å²) in [6.07, 6.45) is 0. The van der Waals surface area contributed by atoms with Gasteiger partial charge >= 0.3 is 0 Å². The molecular weight excluding hydrogens is 330 g/mol. The Bertz CT molecular complexity index is 886. The topological polar surface area (TPSA) is 56.6 Å². The largest absolute Gasteiger partial charge is 0.486 e. The van der Waals surface area contributed by atoms with Crippen LogP contribution in [-0.2, 0) is 22.7 Å². The summed E-state index contributed by atoms with van der Waals surface area (Å²) >= 11 is 0. The lowest BCUT2D eigenvalue weighted by Gasteiger charge is -2.27. The molecule has 0 radical (unpaired) electrons. The zero-order valence-electron chi connectivity index (χ0n) is 14.5. The second-order valence-electron chi connectivity index (χ2n) is 6.20. The van der Waals surface area contributed by atoms with Crippen molar-refractivity contribution >= 4 is 16.9 Å². The average molecular weight is 351 g/mol. The fraction of sp³-hybridized carbons (Fsp3) is 0.300. The van der Waals surface area contributed by atoms with Gasteiger partial charge in [0.05, 0.1) is 24.2 Å². The molecule has 0 atom stereocenters. The van der Waals surface area contributed by atoms with Gasteiger partial charge in [-0.05, 0) is 24.3 Å². The number of rotatable bonds is 5. The number of benzene rings is 2. The van der Waals surface area contributed by atoms with Crippen molar-refractivity contribution in [3.8, 4) is 5.75 Å². The normalized spacial score (nSPS) is 14.5. The van der Waals surface area contributed by atoms with Gasteiger partial charge in [0.15, 0.2) is 0 Å². The highest BCUT2D eigenvalue weighted by Crippen LogP contribution is 2.19. The molecule has 1 aliphatic heterocycles. The van der Waals surface area contributed by atoms with Gasteiger partial charge < -0.3 is 18.9 Å². The Hall–Kier alpha value is -2.86. The standard InChI is InChI=1S/C20H21N3O3/c24-20(22-10-12-25-13-11-22)14-23-18-9-5-4-8-17(18)21-19(23)15-26-16-6-2-1-3-7-16/h1-9H,10-15H2. The van der Waals surface area contributed by atoms with E-state index < -0.39 is 0 Å². The maximum Gasteiger partial charge on any atom is 0.242 e. The Labute approximate surface area is 152 Å². The highest BCUT2D eigenvalue weighted by Gasteiger charge is 2.20. The predicted octanol–water partition coefficient (Wildman–Crippen LogP) is 2.47. The SMILES string of the molecule is O=C(Cn1c(COc2ccccc2)nc2ccccc21)N1CCOCC1.